The lowest BCUT2D eigenvalue weighted by atomic mass is 9.68. The van der Waals surface area contributed by atoms with Gasteiger partial charge in [-0.25, -0.2) is 4.39 Å². The van der Waals surface area contributed by atoms with Crippen LogP contribution in [0.2, 0.25) is 0 Å². The molecule has 8 heteroatoms. The van der Waals surface area contributed by atoms with Gasteiger partial charge >= 0.3 is 12.5 Å². The van der Waals surface area contributed by atoms with Crippen LogP contribution in [-0.4, -0.2) is 6.36 Å². The molecular weight excluding hydrogens is 494 g/mol. The molecule has 2 saturated carbocycles. The van der Waals surface area contributed by atoms with E-state index in [0.29, 0.717) is 18.1 Å². The van der Waals surface area contributed by atoms with E-state index in [2.05, 4.69) is 16.4 Å². The lowest BCUT2D eigenvalue weighted by Gasteiger charge is -2.38. The highest BCUT2D eigenvalue weighted by Gasteiger charge is 2.36. The normalized spacial score (nSPS) is 25.1. The molecule has 0 aliphatic heterocycles. The number of alkyl halides is 5. The van der Waals surface area contributed by atoms with Gasteiger partial charge in [0.25, 0.3) is 0 Å². The van der Waals surface area contributed by atoms with Crippen molar-refractivity contribution in [2.24, 2.45) is 17.8 Å². The van der Waals surface area contributed by atoms with Gasteiger partial charge in [-0.05, 0) is 92.0 Å². The molecule has 0 amide bonds. The molecule has 2 aliphatic carbocycles. The molecule has 0 bridgehead atoms. The van der Waals surface area contributed by atoms with Crippen LogP contribution in [-0.2, 0) is 6.11 Å². The summed E-state index contributed by atoms with van der Waals surface area (Å²) in [5.41, 5.74) is 0.606. The van der Waals surface area contributed by atoms with Crippen LogP contribution in [0.25, 0.3) is 0 Å². The summed E-state index contributed by atoms with van der Waals surface area (Å²) in [6.07, 6.45) is 3.58. The van der Waals surface area contributed by atoms with E-state index in [9.17, 15) is 26.3 Å². The molecule has 2 nitrogen and oxygen atoms in total. The molecule has 37 heavy (non-hydrogen) atoms. The summed E-state index contributed by atoms with van der Waals surface area (Å²) in [4.78, 5) is 0. The predicted octanol–water partition coefficient (Wildman–Crippen LogP) is 9.73. The van der Waals surface area contributed by atoms with Gasteiger partial charge in [0, 0.05) is 6.07 Å². The molecule has 2 fully saturated rings. The Morgan fingerprint density at radius 3 is 1.89 bits per heavy atom. The van der Waals surface area contributed by atoms with E-state index in [-0.39, 0.29) is 0 Å². The van der Waals surface area contributed by atoms with Crippen molar-refractivity contribution in [3.8, 4) is 11.5 Å². The van der Waals surface area contributed by atoms with Crippen LogP contribution >= 0.6 is 0 Å². The summed E-state index contributed by atoms with van der Waals surface area (Å²) < 4.78 is 88.2. The molecule has 0 spiro atoms. The highest BCUT2D eigenvalue weighted by atomic mass is 19.4. The summed E-state index contributed by atoms with van der Waals surface area (Å²) in [6, 6.07) is 7.83. The Labute approximate surface area is 214 Å². The number of benzene rings is 2. The second kappa shape index (κ2) is 11.6. The van der Waals surface area contributed by atoms with Gasteiger partial charge in [-0.3, -0.25) is 0 Å². The van der Waals surface area contributed by atoms with E-state index < -0.39 is 35.4 Å². The lowest BCUT2D eigenvalue weighted by Crippen LogP contribution is -2.25. The van der Waals surface area contributed by atoms with Crippen LogP contribution < -0.4 is 9.47 Å². The van der Waals surface area contributed by atoms with E-state index in [1.54, 1.807) is 12.1 Å². The minimum absolute atomic E-state index is 0.339. The van der Waals surface area contributed by atoms with Crippen molar-refractivity contribution >= 4 is 0 Å². The summed E-state index contributed by atoms with van der Waals surface area (Å²) in [6.45, 7) is 2.26. The Morgan fingerprint density at radius 2 is 1.35 bits per heavy atom. The minimum Gasteiger partial charge on any atom is -0.429 e. The maximum absolute atomic E-state index is 14.7. The number of hydrogen-bond acceptors (Lipinski definition) is 2. The van der Waals surface area contributed by atoms with Crippen LogP contribution in [0.5, 0.6) is 11.5 Å². The molecule has 204 valence electrons. The summed E-state index contributed by atoms with van der Waals surface area (Å²) >= 11 is 0. The van der Waals surface area contributed by atoms with E-state index in [4.69, 9.17) is 0 Å². The fourth-order valence-electron chi connectivity index (χ4n) is 6.19. The first-order valence-electron chi connectivity index (χ1n) is 13.3. The van der Waals surface area contributed by atoms with Crippen LogP contribution in [0.4, 0.5) is 26.3 Å². The second-order valence-corrected chi connectivity index (χ2v) is 10.6. The Morgan fingerprint density at radius 1 is 0.757 bits per heavy atom. The molecule has 2 aliphatic rings. The monoisotopic (exact) mass is 528 g/mol. The molecule has 0 atom stereocenters. The molecular formula is C29H34F6O2. The van der Waals surface area contributed by atoms with Crippen molar-refractivity contribution in [1.29, 1.82) is 0 Å². The number of rotatable bonds is 8. The first kappa shape index (κ1) is 27.6. The Hall–Kier alpha value is -2.38. The number of halogens is 6. The molecule has 2 aromatic rings. The third-order valence-electron chi connectivity index (χ3n) is 8.12. The van der Waals surface area contributed by atoms with Gasteiger partial charge in [0.1, 0.15) is 5.75 Å². The Kier molecular flexibility index (Phi) is 8.64. The standard InChI is InChI=1S/C29H34F6O2/c1-2-3-19-4-6-20(7-5-19)21-8-10-22(11-9-21)23-12-14-24(15-13-23)28(31,32)36-25-16-17-27(26(30)18-25)37-29(33,34)35/h12-22H,2-11H2,1H3/t19-,20-,21?,22?. The van der Waals surface area contributed by atoms with E-state index >= 15 is 0 Å². The van der Waals surface area contributed by atoms with E-state index in [1.807, 2.05) is 0 Å². The molecule has 0 unspecified atom stereocenters. The van der Waals surface area contributed by atoms with Gasteiger partial charge in [0.2, 0.25) is 0 Å². The quantitative estimate of drug-likeness (QED) is 0.318. The van der Waals surface area contributed by atoms with Crippen molar-refractivity contribution in [3.63, 3.8) is 0 Å². The molecule has 0 saturated heterocycles. The minimum atomic E-state index is -5.10. The average molecular weight is 529 g/mol. The molecule has 0 heterocycles. The van der Waals surface area contributed by atoms with Crippen LogP contribution in [0, 0.1) is 23.6 Å². The first-order valence-corrected chi connectivity index (χ1v) is 13.3. The molecule has 0 aromatic heterocycles. The molecule has 2 aromatic carbocycles. The summed E-state index contributed by atoms with van der Waals surface area (Å²) in [5.74, 6) is -0.345. The zero-order valence-electron chi connectivity index (χ0n) is 21.0. The smallest absolute Gasteiger partial charge is 0.429 e. The predicted molar refractivity (Wildman–Crippen MR) is 129 cm³/mol. The fourth-order valence-corrected chi connectivity index (χ4v) is 6.19. The van der Waals surface area contributed by atoms with Gasteiger partial charge in [-0.2, -0.15) is 8.78 Å². The van der Waals surface area contributed by atoms with Crippen molar-refractivity contribution in [2.75, 3.05) is 0 Å². The Bertz CT molecular complexity index is 1000. The largest absolute Gasteiger partial charge is 0.573 e. The first-order chi connectivity index (χ1) is 17.5. The zero-order valence-corrected chi connectivity index (χ0v) is 21.0. The zero-order chi connectivity index (χ0) is 26.6. The Balaban J connectivity index is 1.31. The SMILES string of the molecule is CCC[C@H]1CC[C@H](C2CCC(c3ccc(C(F)(F)Oc4ccc(OC(F)(F)F)c(F)c4)cc3)CC2)CC1. The lowest BCUT2D eigenvalue weighted by molar-refractivity contribution is -0.275. The van der Waals surface area contributed by atoms with Crippen molar-refractivity contribution in [1.82, 2.24) is 0 Å². The van der Waals surface area contributed by atoms with E-state index in [1.165, 1.54) is 63.5 Å². The third kappa shape index (κ3) is 7.35. The number of hydrogen-bond donors (Lipinski definition) is 0. The second-order valence-electron chi connectivity index (χ2n) is 10.6. The van der Waals surface area contributed by atoms with Gasteiger partial charge in [0.15, 0.2) is 11.6 Å². The fraction of sp³-hybridized carbons (Fsp3) is 0.586. The highest BCUT2D eigenvalue weighted by Crippen LogP contribution is 2.45. The van der Waals surface area contributed by atoms with Crippen LogP contribution in [0.1, 0.15) is 88.2 Å². The molecule has 0 N–H and O–H groups in total. The van der Waals surface area contributed by atoms with Crippen molar-refractivity contribution < 1.29 is 35.8 Å². The van der Waals surface area contributed by atoms with Gasteiger partial charge < -0.3 is 9.47 Å². The average Bonchev–Trinajstić information content (AvgIpc) is 2.86. The van der Waals surface area contributed by atoms with Gasteiger partial charge in [-0.15, -0.1) is 13.2 Å². The maximum Gasteiger partial charge on any atom is 0.573 e. The third-order valence-corrected chi connectivity index (χ3v) is 8.12. The van der Waals surface area contributed by atoms with Crippen molar-refractivity contribution in [2.45, 2.75) is 89.5 Å². The van der Waals surface area contributed by atoms with E-state index in [0.717, 1.165) is 42.2 Å². The van der Waals surface area contributed by atoms with Crippen LogP contribution in [0.15, 0.2) is 42.5 Å². The highest BCUT2D eigenvalue weighted by molar-refractivity contribution is 5.34. The van der Waals surface area contributed by atoms with Crippen LogP contribution in [0.3, 0.4) is 0 Å². The maximum atomic E-state index is 14.7. The molecule has 4 rings (SSSR count). The van der Waals surface area contributed by atoms with Crippen molar-refractivity contribution in [3.05, 3.63) is 59.4 Å². The topological polar surface area (TPSA) is 18.5 Å². The summed E-state index contributed by atoms with van der Waals surface area (Å²) in [5, 5.41) is 0. The number of ether oxygens (including phenoxy) is 2. The van der Waals surface area contributed by atoms with Gasteiger partial charge in [-0.1, -0.05) is 44.7 Å². The summed E-state index contributed by atoms with van der Waals surface area (Å²) in [7, 11) is 0. The molecule has 0 radical (unpaired) electrons. The van der Waals surface area contributed by atoms with Gasteiger partial charge in [0.05, 0.1) is 5.56 Å².